The molecular weight excluding hydrogens is 318 g/mol. The summed E-state index contributed by atoms with van der Waals surface area (Å²) in [5.74, 6) is -1.11. The number of sulfone groups is 1. The summed E-state index contributed by atoms with van der Waals surface area (Å²) in [6.07, 6.45) is 7.44. The topological polar surface area (TPSA) is 91.8 Å². The zero-order chi connectivity index (χ0) is 17.1. The molecule has 2 aliphatic rings. The average Bonchev–Trinajstić information content (AvgIpc) is 2.74. The Morgan fingerprint density at radius 2 is 1.74 bits per heavy atom. The number of hydrogen-bond donors (Lipinski definition) is 1. The first-order valence-electron chi connectivity index (χ1n) is 8.44. The molecule has 2 fully saturated rings. The standard InChI is InChI=1S/C16H27NO5S/c1-23(21,22)12-13-7-6-10-17(13)14(18)11-16(15(19)20)8-4-2-3-5-9-16/h13H,2-12H2,1H3,(H,19,20)/t13-/m1/s1. The Hall–Kier alpha value is -1.11. The molecule has 0 aromatic heterocycles. The minimum Gasteiger partial charge on any atom is -0.481 e. The number of hydrogen-bond acceptors (Lipinski definition) is 4. The van der Waals surface area contributed by atoms with Crippen molar-refractivity contribution >= 4 is 21.7 Å². The van der Waals surface area contributed by atoms with Crippen LogP contribution in [-0.4, -0.2) is 54.9 Å². The Morgan fingerprint density at radius 1 is 1.13 bits per heavy atom. The van der Waals surface area contributed by atoms with E-state index >= 15 is 0 Å². The van der Waals surface area contributed by atoms with Gasteiger partial charge in [0.15, 0.2) is 0 Å². The third kappa shape index (κ3) is 4.68. The largest absolute Gasteiger partial charge is 0.481 e. The number of carbonyl (C=O) groups excluding carboxylic acids is 1. The molecule has 7 heteroatoms. The van der Waals surface area contributed by atoms with E-state index in [4.69, 9.17) is 0 Å². The number of likely N-dealkylation sites (tertiary alicyclic amines) is 1. The fourth-order valence-corrected chi connectivity index (χ4v) is 4.99. The first kappa shape index (κ1) is 18.2. The van der Waals surface area contributed by atoms with Crippen LogP contribution in [0.3, 0.4) is 0 Å². The SMILES string of the molecule is CS(=O)(=O)C[C@H]1CCCN1C(=O)CC1(C(=O)O)CCCCCC1. The van der Waals surface area contributed by atoms with E-state index in [-0.39, 0.29) is 24.1 Å². The molecule has 1 heterocycles. The normalized spacial score (nSPS) is 25.1. The second-order valence-corrected chi connectivity index (χ2v) is 9.34. The van der Waals surface area contributed by atoms with Gasteiger partial charge >= 0.3 is 5.97 Å². The van der Waals surface area contributed by atoms with Gasteiger partial charge in [0.05, 0.1) is 11.2 Å². The highest BCUT2D eigenvalue weighted by molar-refractivity contribution is 7.90. The molecule has 1 aliphatic carbocycles. The van der Waals surface area contributed by atoms with Crippen LogP contribution in [0.2, 0.25) is 0 Å². The predicted octanol–water partition coefficient (Wildman–Crippen LogP) is 1.84. The lowest BCUT2D eigenvalue weighted by Gasteiger charge is -2.31. The highest BCUT2D eigenvalue weighted by Gasteiger charge is 2.43. The first-order valence-corrected chi connectivity index (χ1v) is 10.5. The highest BCUT2D eigenvalue weighted by Crippen LogP contribution is 2.39. The van der Waals surface area contributed by atoms with Crippen LogP contribution in [0, 0.1) is 5.41 Å². The molecule has 1 aliphatic heterocycles. The summed E-state index contributed by atoms with van der Waals surface area (Å²) in [6, 6.07) is -0.297. The second kappa shape index (κ2) is 7.20. The van der Waals surface area contributed by atoms with E-state index in [1.165, 1.54) is 6.26 Å². The third-order valence-electron chi connectivity index (χ3n) is 5.20. The summed E-state index contributed by atoms with van der Waals surface area (Å²) in [4.78, 5) is 26.1. The number of carboxylic acid groups (broad SMARTS) is 1. The van der Waals surface area contributed by atoms with Gasteiger partial charge in [0, 0.05) is 25.3 Å². The van der Waals surface area contributed by atoms with E-state index < -0.39 is 21.2 Å². The predicted molar refractivity (Wildman–Crippen MR) is 86.8 cm³/mol. The molecule has 0 aromatic rings. The van der Waals surface area contributed by atoms with Gasteiger partial charge in [-0.15, -0.1) is 0 Å². The smallest absolute Gasteiger partial charge is 0.310 e. The Bertz CT molecular complexity index is 549. The summed E-state index contributed by atoms with van der Waals surface area (Å²) < 4.78 is 23.1. The van der Waals surface area contributed by atoms with E-state index in [0.29, 0.717) is 25.8 Å². The van der Waals surface area contributed by atoms with Crippen molar-refractivity contribution in [2.75, 3.05) is 18.6 Å². The lowest BCUT2D eigenvalue weighted by Crippen LogP contribution is -2.43. The number of amides is 1. The molecular formula is C16H27NO5S. The number of rotatable bonds is 5. The molecule has 0 bridgehead atoms. The molecule has 6 nitrogen and oxygen atoms in total. The van der Waals surface area contributed by atoms with Gasteiger partial charge < -0.3 is 10.0 Å². The number of aliphatic carboxylic acids is 1. The van der Waals surface area contributed by atoms with Gasteiger partial charge in [0.25, 0.3) is 0 Å². The first-order chi connectivity index (χ1) is 10.7. The Labute approximate surface area is 138 Å². The van der Waals surface area contributed by atoms with Crippen LogP contribution in [0.25, 0.3) is 0 Å². The fourth-order valence-electron chi connectivity index (χ4n) is 3.95. The maximum Gasteiger partial charge on any atom is 0.310 e. The molecule has 0 spiro atoms. The van der Waals surface area contributed by atoms with Gasteiger partial charge in [-0.25, -0.2) is 8.42 Å². The van der Waals surface area contributed by atoms with E-state index in [9.17, 15) is 23.1 Å². The van der Waals surface area contributed by atoms with Gasteiger partial charge in [-0.05, 0) is 25.7 Å². The maximum atomic E-state index is 12.7. The van der Waals surface area contributed by atoms with Crippen molar-refractivity contribution in [3.63, 3.8) is 0 Å². The van der Waals surface area contributed by atoms with Gasteiger partial charge in [-0.3, -0.25) is 9.59 Å². The summed E-state index contributed by atoms with van der Waals surface area (Å²) in [5.41, 5.74) is -0.966. The molecule has 1 saturated heterocycles. The van der Waals surface area contributed by atoms with Crippen LogP contribution in [0.1, 0.15) is 57.8 Å². The summed E-state index contributed by atoms with van der Waals surface area (Å²) in [7, 11) is -3.15. The molecule has 0 radical (unpaired) electrons. The summed E-state index contributed by atoms with van der Waals surface area (Å²) >= 11 is 0. The van der Waals surface area contributed by atoms with Crippen molar-refractivity contribution in [2.24, 2.45) is 5.41 Å². The molecule has 0 unspecified atom stereocenters. The van der Waals surface area contributed by atoms with E-state index in [0.717, 1.165) is 32.1 Å². The van der Waals surface area contributed by atoms with Gasteiger partial charge in [0.2, 0.25) is 5.91 Å². The maximum absolute atomic E-state index is 12.7. The molecule has 1 N–H and O–H groups in total. The van der Waals surface area contributed by atoms with Gasteiger partial charge in [0.1, 0.15) is 9.84 Å². The molecule has 1 amide bonds. The lowest BCUT2D eigenvalue weighted by molar-refractivity contribution is -0.155. The number of carboxylic acids is 1. The van der Waals surface area contributed by atoms with E-state index in [1.54, 1.807) is 4.90 Å². The Morgan fingerprint density at radius 3 is 2.26 bits per heavy atom. The van der Waals surface area contributed by atoms with Gasteiger partial charge in [-0.2, -0.15) is 0 Å². The summed E-state index contributed by atoms with van der Waals surface area (Å²) in [6.45, 7) is 0.536. The quantitative estimate of drug-likeness (QED) is 0.768. The highest BCUT2D eigenvalue weighted by atomic mass is 32.2. The summed E-state index contributed by atoms with van der Waals surface area (Å²) in [5, 5.41) is 9.69. The minimum absolute atomic E-state index is 0.00257. The van der Waals surface area contributed by atoms with Crippen LogP contribution >= 0.6 is 0 Å². The van der Waals surface area contributed by atoms with Crippen LogP contribution in [0.15, 0.2) is 0 Å². The molecule has 0 aromatic carbocycles. The average molecular weight is 345 g/mol. The second-order valence-electron chi connectivity index (χ2n) is 7.15. The minimum atomic E-state index is -3.15. The Balaban J connectivity index is 2.10. The molecule has 1 saturated carbocycles. The van der Waals surface area contributed by atoms with E-state index in [1.807, 2.05) is 0 Å². The Kier molecular flexibility index (Phi) is 5.70. The van der Waals surface area contributed by atoms with Crippen LogP contribution < -0.4 is 0 Å². The van der Waals surface area contributed by atoms with Gasteiger partial charge in [-0.1, -0.05) is 25.7 Å². The van der Waals surface area contributed by atoms with Crippen molar-refractivity contribution in [1.29, 1.82) is 0 Å². The van der Waals surface area contributed by atoms with Crippen LogP contribution in [-0.2, 0) is 19.4 Å². The fraction of sp³-hybridized carbons (Fsp3) is 0.875. The molecule has 132 valence electrons. The lowest BCUT2D eigenvalue weighted by atomic mass is 9.77. The van der Waals surface area contributed by atoms with Crippen molar-refractivity contribution in [3.8, 4) is 0 Å². The van der Waals surface area contributed by atoms with Crippen LogP contribution in [0.5, 0.6) is 0 Å². The van der Waals surface area contributed by atoms with Crippen LogP contribution in [0.4, 0.5) is 0 Å². The third-order valence-corrected chi connectivity index (χ3v) is 6.19. The zero-order valence-corrected chi connectivity index (χ0v) is 14.6. The molecule has 1 atom stereocenters. The monoisotopic (exact) mass is 345 g/mol. The van der Waals surface area contributed by atoms with Crippen molar-refractivity contribution in [2.45, 2.75) is 63.8 Å². The molecule has 2 rings (SSSR count). The number of nitrogens with zero attached hydrogens (tertiary/aromatic N) is 1. The number of carbonyl (C=O) groups is 2. The van der Waals surface area contributed by atoms with Crippen molar-refractivity contribution < 1.29 is 23.1 Å². The zero-order valence-electron chi connectivity index (χ0n) is 13.8. The molecule has 23 heavy (non-hydrogen) atoms. The van der Waals surface area contributed by atoms with Crippen molar-refractivity contribution in [3.05, 3.63) is 0 Å². The van der Waals surface area contributed by atoms with E-state index in [2.05, 4.69) is 0 Å². The van der Waals surface area contributed by atoms with Crippen molar-refractivity contribution in [1.82, 2.24) is 4.90 Å².